The Morgan fingerprint density at radius 3 is 2.54 bits per heavy atom. The maximum absolute atomic E-state index is 15.6. The molecule has 5 aliphatic rings. The van der Waals surface area contributed by atoms with Crippen LogP contribution in [0.5, 0.6) is 0 Å². The molecule has 8 nitrogen and oxygen atoms in total. The van der Waals surface area contributed by atoms with Crippen LogP contribution < -0.4 is 10.7 Å². The van der Waals surface area contributed by atoms with Crippen LogP contribution in [-0.4, -0.2) is 50.0 Å². The number of aromatic nitrogens is 3. The van der Waals surface area contributed by atoms with E-state index in [1.165, 1.54) is 6.07 Å². The number of halogens is 4. The number of nitrogens with one attached hydrogen (secondary N) is 2. The van der Waals surface area contributed by atoms with E-state index in [0.717, 1.165) is 31.9 Å². The van der Waals surface area contributed by atoms with E-state index in [1.807, 2.05) is 0 Å². The molecular formula is C23H24F4N6O2. The fraction of sp³-hybridized carbons (Fsp3) is 0.565. The van der Waals surface area contributed by atoms with Crippen LogP contribution >= 0.6 is 0 Å². The highest BCUT2D eigenvalue weighted by Gasteiger charge is 2.60. The summed E-state index contributed by atoms with van der Waals surface area (Å²) in [7, 11) is 1.63. The van der Waals surface area contributed by atoms with Crippen LogP contribution in [0.3, 0.4) is 0 Å². The molecule has 4 aliphatic carbocycles. The zero-order chi connectivity index (χ0) is 24.6. The van der Waals surface area contributed by atoms with E-state index >= 15 is 4.39 Å². The van der Waals surface area contributed by atoms with Gasteiger partial charge in [0.15, 0.2) is 17.5 Å². The van der Waals surface area contributed by atoms with Gasteiger partial charge in [-0.25, -0.2) is 37.5 Å². The first kappa shape index (κ1) is 22.4. The zero-order valence-corrected chi connectivity index (χ0v) is 18.8. The molecule has 4 atom stereocenters. The summed E-state index contributed by atoms with van der Waals surface area (Å²) in [5.41, 5.74) is 2.92. The molecule has 0 saturated heterocycles. The molecule has 2 aromatic rings. The van der Waals surface area contributed by atoms with E-state index in [9.17, 15) is 23.1 Å². The van der Waals surface area contributed by atoms with Gasteiger partial charge in [-0.3, -0.25) is 4.79 Å². The van der Waals surface area contributed by atoms with Crippen molar-refractivity contribution in [1.29, 1.82) is 0 Å². The number of aliphatic carboxylic acids is 1. The van der Waals surface area contributed by atoms with Crippen LogP contribution in [0.15, 0.2) is 12.3 Å². The molecule has 12 heteroatoms. The summed E-state index contributed by atoms with van der Waals surface area (Å²) in [5.74, 6) is -7.70. The molecule has 0 aromatic carbocycles. The van der Waals surface area contributed by atoms with Gasteiger partial charge in [-0.2, -0.15) is 0 Å². The second-order valence-corrected chi connectivity index (χ2v) is 10.1. The van der Waals surface area contributed by atoms with Gasteiger partial charge < -0.3 is 15.8 Å². The Kier molecular flexibility index (Phi) is 4.96. The molecular weight excluding hydrogens is 468 g/mol. The lowest BCUT2D eigenvalue weighted by atomic mass is 9.61. The van der Waals surface area contributed by atoms with Crippen molar-refractivity contribution < 1.29 is 27.5 Å². The van der Waals surface area contributed by atoms with Gasteiger partial charge in [0, 0.05) is 25.1 Å². The number of hydrogen-bond donors (Lipinski definition) is 3. The van der Waals surface area contributed by atoms with Gasteiger partial charge in [0.25, 0.3) is 5.92 Å². The quantitative estimate of drug-likeness (QED) is 0.540. The molecule has 4 fully saturated rings. The molecule has 4 saturated carbocycles. The first-order valence-electron chi connectivity index (χ1n) is 11.7. The highest BCUT2D eigenvalue weighted by molar-refractivity contribution is 5.72. The Hall–Kier alpha value is -3.02. The summed E-state index contributed by atoms with van der Waals surface area (Å²) in [5, 5.41) is 14.4. The number of fused-ring (bicyclic) bond motifs is 4. The minimum atomic E-state index is -3.08. The smallest absolute Gasteiger partial charge is 0.308 e. The average molecular weight is 492 g/mol. The lowest BCUT2D eigenvalue weighted by Gasteiger charge is -2.47. The number of carboxylic acids is 1. The van der Waals surface area contributed by atoms with Crippen LogP contribution in [0.1, 0.15) is 61.1 Å². The summed E-state index contributed by atoms with van der Waals surface area (Å²) < 4.78 is 57.6. The van der Waals surface area contributed by atoms with Crippen molar-refractivity contribution in [2.24, 2.45) is 17.8 Å². The molecule has 0 spiro atoms. The molecule has 3 N–H and O–H groups in total. The van der Waals surface area contributed by atoms with Crippen molar-refractivity contribution in [3.63, 3.8) is 0 Å². The average Bonchev–Trinajstić information content (AvgIpc) is 3.32. The highest BCUT2D eigenvalue weighted by Crippen LogP contribution is 2.56. The van der Waals surface area contributed by atoms with Crippen molar-refractivity contribution in [3.05, 3.63) is 41.0 Å². The third-order valence-corrected chi connectivity index (χ3v) is 7.95. The molecule has 4 unspecified atom stereocenters. The maximum Gasteiger partial charge on any atom is 0.308 e. The second kappa shape index (κ2) is 7.74. The van der Waals surface area contributed by atoms with E-state index in [4.69, 9.17) is 0 Å². The van der Waals surface area contributed by atoms with Crippen molar-refractivity contribution in [3.8, 4) is 0 Å². The number of carbonyl (C=O) groups is 1. The Morgan fingerprint density at radius 1 is 1.20 bits per heavy atom. The summed E-state index contributed by atoms with van der Waals surface area (Å²) in [6, 6.07) is -0.135. The Morgan fingerprint density at radius 2 is 1.89 bits per heavy atom. The summed E-state index contributed by atoms with van der Waals surface area (Å²) >= 11 is 0. The summed E-state index contributed by atoms with van der Waals surface area (Å²) in [6.07, 6.45) is 3.73. The largest absolute Gasteiger partial charge is 0.481 e. The zero-order valence-electron chi connectivity index (χ0n) is 18.8. The van der Waals surface area contributed by atoms with Crippen LogP contribution in [0.2, 0.25) is 0 Å². The second-order valence-electron chi connectivity index (χ2n) is 10.1. The Bertz CT molecular complexity index is 1200. The third-order valence-electron chi connectivity index (χ3n) is 7.95. The van der Waals surface area contributed by atoms with Gasteiger partial charge in [-0.15, -0.1) is 0 Å². The molecule has 35 heavy (non-hydrogen) atoms. The van der Waals surface area contributed by atoms with Crippen molar-refractivity contribution in [1.82, 2.24) is 20.0 Å². The standard InChI is InChI=1S/C23H24F4N6O2/c1-33-18(12-6-11(24)8-28-19(12)32-33)21-30-17(13-7-23(13,26)27)15(25)20(31-21)29-16-10-4-2-9(3-5-10)14(16)22(34)35/h6,8-10,13-14,16,18H,2-5,7H2,1H3,(H,28,32)(H,34,35)(H,29,30,31). The van der Waals surface area contributed by atoms with Crippen LogP contribution in [-0.2, 0) is 4.79 Å². The number of carboxylic acid groups (broad SMARTS) is 1. The molecule has 1 aliphatic heterocycles. The van der Waals surface area contributed by atoms with Crippen molar-refractivity contribution in [2.75, 3.05) is 17.8 Å². The van der Waals surface area contributed by atoms with Gasteiger partial charge in [0.2, 0.25) is 0 Å². The lowest BCUT2D eigenvalue weighted by molar-refractivity contribution is -0.148. The molecule has 0 radical (unpaired) electrons. The topological polar surface area (TPSA) is 103 Å². The Balaban J connectivity index is 1.44. The number of pyridine rings is 1. The minimum absolute atomic E-state index is 0.000550. The van der Waals surface area contributed by atoms with Gasteiger partial charge in [-0.05, 0) is 43.6 Å². The van der Waals surface area contributed by atoms with Gasteiger partial charge in [0.1, 0.15) is 17.7 Å². The van der Waals surface area contributed by atoms with E-state index in [1.54, 1.807) is 12.1 Å². The summed E-state index contributed by atoms with van der Waals surface area (Å²) in [4.78, 5) is 24.6. The first-order valence-corrected chi connectivity index (χ1v) is 11.7. The first-order chi connectivity index (χ1) is 16.6. The number of hydrogen-bond acceptors (Lipinski definition) is 7. The van der Waals surface area contributed by atoms with Crippen LogP contribution in [0.4, 0.5) is 29.2 Å². The van der Waals surface area contributed by atoms with Crippen LogP contribution in [0, 0.1) is 29.4 Å². The van der Waals surface area contributed by atoms with E-state index in [-0.39, 0.29) is 23.5 Å². The number of nitrogens with zero attached hydrogens (tertiary/aromatic N) is 4. The monoisotopic (exact) mass is 492 g/mol. The SMILES string of the molecule is CN1Nc2ncc(F)cc2C1c1nc(NC2C3CCC(CC3)C2C(=O)O)c(F)c(C2CC2(F)F)n1. The molecule has 186 valence electrons. The fourth-order valence-electron chi connectivity index (χ4n) is 6.12. The van der Waals surface area contributed by atoms with E-state index < -0.39 is 59.6 Å². The normalized spacial score (nSPS) is 32.7. The molecule has 7 rings (SSSR count). The van der Waals surface area contributed by atoms with E-state index in [0.29, 0.717) is 11.4 Å². The highest BCUT2D eigenvalue weighted by atomic mass is 19.3. The number of rotatable bonds is 5. The Labute approximate surface area is 198 Å². The summed E-state index contributed by atoms with van der Waals surface area (Å²) in [6.45, 7) is 0. The minimum Gasteiger partial charge on any atom is -0.481 e. The lowest BCUT2D eigenvalue weighted by Crippen LogP contribution is -2.51. The maximum atomic E-state index is 15.6. The molecule has 2 aromatic heterocycles. The molecule has 0 amide bonds. The van der Waals surface area contributed by atoms with Gasteiger partial charge in [0.05, 0.1) is 23.7 Å². The van der Waals surface area contributed by atoms with Crippen molar-refractivity contribution in [2.45, 2.75) is 56.0 Å². The molecule has 2 bridgehead atoms. The van der Waals surface area contributed by atoms with Crippen molar-refractivity contribution >= 4 is 17.6 Å². The predicted molar refractivity (Wildman–Crippen MR) is 116 cm³/mol. The van der Waals surface area contributed by atoms with E-state index in [2.05, 4.69) is 25.7 Å². The van der Waals surface area contributed by atoms with Crippen LogP contribution in [0.25, 0.3) is 0 Å². The number of hydrazine groups is 1. The van der Waals surface area contributed by atoms with Gasteiger partial charge >= 0.3 is 5.97 Å². The predicted octanol–water partition coefficient (Wildman–Crippen LogP) is 3.94. The van der Waals surface area contributed by atoms with Gasteiger partial charge in [-0.1, -0.05) is 0 Å². The third kappa shape index (κ3) is 3.60. The number of anilines is 2. The molecule has 3 heterocycles. The number of alkyl halides is 2. The fourth-order valence-corrected chi connectivity index (χ4v) is 6.12.